The van der Waals surface area contributed by atoms with E-state index in [1.165, 1.54) is 0 Å². The number of rotatable bonds is 0. The minimum Gasteiger partial charge on any atom is 0 e. The Bertz CT molecular complexity index is 11.6. The molecule has 0 aromatic carbocycles. The Morgan fingerprint density at radius 2 is 1.00 bits per heavy atom. The molecular formula is Cl3RuSn. The molecule has 0 aliphatic heterocycles. The Hall–Kier alpha value is 2.29. The molecule has 0 atom stereocenters. The second-order valence-corrected chi connectivity index (χ2v) is 8.07. The second kappa shape index (κ2) is 6.29. The van der Waals surface area contributed by atoms with Crippen molar-refractivity contribution >= 4 is 53.0 Å². The molecule has 33 valence electrons. The van der Waals surface area contributed by atoms with Crippen molar-refractivity contribution in [3.63, 3.8) is 0 Å². The van der Waals surface area contributed by atoms with E-state index < -0.39 is 13.0 Å². The van der Waals surface area contributed by atoms with Crippen LogP contribution in [0.3, 0.4) is 0 Å². The summed E-state index contributed by atoms with van der Waals surface area (Å²) in [6.07, 6.45) is 0. The van der Waals surface area contributed by atoms with Crippen LogP contribution in [0, 0.1) is 0 Å². The predicted molar refractivity (Wildman–Crippen MR) is 23.3 cm³/mol. The van der Waals surface area contributed by atoms with E-state index in [0.717, 1.165) is 0 Å². The summed E-state index contributed by atoms with van der Waals surface area (Å²) in [6.45, 7) is 0. The van der Waals surface area contributed by atoms with E-state index in [9.17, 15) is 0 Å². The standard InChI is InChI=1S/3ClH.Ru.Sn/h3*1H;;/q;;;+3;/p-3. The van der Waals surface area contributed by atoms with Gasteiger partial charge in [0.05, 0.1) is 0 Å². The Balaban J connectivity index is 0. The molecule has 0 spiro atoms. The van der Waals surface area contributed by atoms with E-state index in [4.69, 9.17) is 29.1 Å². The van der Waals surface area contributed by atoms with Gasteiger partial charge in [0.1, 0.15) is 0 Å². The summed E-state index contributed by atoms with van der Waals surface area (Å²) >= 11 is -1.75. The van der Waals surface area contributed by atoms with Gasteiger partial charge in [-0.3, -0.25) is 0 Å². The number of halogens is 3. The smallest absolute Gasteiger partial charge is 0 e. The molecule has 0 aromatic heterocycles. The molecule has 0 N–H and O–H groups in total. The zero-order valence-corrected chi connectivity index (χ0v) is 8.85. The molecule has 0 rings (SSSR count). The third kappa shape index (κ3) is 22.1. The monoisotopic (exact) mass is 327 g/mol. The first-order valence-electron chi connectivity index (χ1n) is 0.401. The number of hydrogen-bond donors (Lipinski definition) is 0. The largest absolute Gasteiger partial charge is 0 e. The molecule has 0 bridgehead atoms. The molecule has 0 heterocycles. The van der Waals surface area contributed by atoms with Crippen molar-refractivity contribution in [1.82, 2.24) is 0 Å². The van der Waals surface area contributed by atoms with E-state index >= 15 is 0 Å². The van der Waals surface area contributed by atoms with Gasteiger partial charge >= 0.3 is 42.1 Å². The second-order valence-electron chi connectivity index (χ2n) is 0.152. The summed E-state index contributed by atoms with van der Waals surface area (Å²) in [5, 5.41) is 0. The molecule has 0 fully saturated rings. The van der Waals surface area contributed by atoms with Gasteiger partial charge in [-0.25, -0.2) is 0 Å². The summed E-state index contributed by atoms with van der Waals surface area (Å²) in [5.41, 5.74) is 0. The predicted octanol–water partition coefficient (Wildman–Crippen LogP) is 1.69. The zero-order valence-electron chi connectivity index (χ0n) is 1.99. The summed E-state index contributed by atoms with van der Waals surface area (Å²) in [4.78, 5) is 0. The molecule has 0 saturated heterocycles. The van der Waals surface area contributed by atoms with Crippen LogP contribution in [0.15, 0.2) is 0 Å². The Morgan fingerprint density at radius 1 is 1.00 bits per heavy atom. The van der Waals surface area contributed by atoms with Gasteiger partial charge in [-0.05, 0) is 0 Å². The van der Waals surface area contributed by atoms with Crippen LogP contribution in [-0.2, 0) is 13.0 Å². The van der Waals surface area contributed by atoms with Gasteiger partial charge in [0.15, 0.2) is 0 Å². The normalized spacial score (nSPS) is 9.00. The molecule has 0 aliphatic carbocycles. The van der Waals surface area contributed by atoms with E-state index in [0.29, 0.717) is 0 Å². The molecule has 0 aromatic rings. The third-order valence-electron chi connectivity index (χ3n) is 0. The topological polar surface area (TPSA) is 0 Å². The Kier molecular flexibility index (Phi) is 13.0. The van der Waals surface area contributed by atoms with Crippen LogP contribution in [0.2, 0.25) is 0 Å². The van der Waals surface area contributed by atoms with Gasteiger partial charge in [-0.2, -0.15) is 0 Å². The zero-order chi connectivity index (χ0) is 3.58. The summed E-state index contributed by atoms with van der Waals surface area (Å²) in [7, 11) is 14.8. The molecular weight excluding hydrogens is 326 g/mol. The third-order valence-corrected chi connectivity index (χ3v) is 0. The Labute approximate surface area is 65.1 Å². The Morgan fingerprint density at radius 3 is 1.00 bits per heavy atom. The van der Waals surface area contributed by atoms with Crippen molar-refractivity contribution in [2.45, 2.75) is 0 Å². The van der Waals surface area contributed by atoms with E-state index in [1.54, 1.807) is 0 Å². The average Bonchev–Trinajstić information content (AvgIpc) is 0.811. The maximum atomic E-state index is 4.95. The fraction of sp³-hybridized carbons (Fsp3) is 0. The van der Waals surface area contributed by atoms with Crippen LogP contribution in [0.4, 0.5) is 0 Å². The first-order chi connectivity index (χ1) is 1.73. The van der Waals surface area contributed by atoms with Crippen molar-refractivity contribution < 1.29 is 13.0 Å². The van der Waals surface area contributed by atoms with Crippen molar-refractivity contribution in [1.29, 1.82) is 0 Å². The van der Waals surface area contributed by atoms with Crippen molar-refractivity contribution in [2.24, 2.45) is 0 Å². The molecule has 0 aliphatic rings. The minimum absolute atomic E-state index is 0. The maximum Gasteiger partial charge on any atom is 0 e. The minimum atomic E-state index is -1.75. The fourth-order valence-electron chi connectivity index (χ4n) is 0. The van der Waals surface area contributed by atoms with Crippen molar-refractivity contribution in [3.8, 4) is 0 Å². The van der Waals surface area contributed by atoms with Crippen LogP contribution in [0.5, 0.6) is 0 Å². The first-order valence-corrected chi connectivity index (χ1v) is 7.12. The molecule has 0 unspecified atom stereocenters. The summed E-state index contributed by atoms with van der Waals surface area (Å²) < 4.78 is 0. The molecule has 4 radical (unpaired) electrons. The van der Waals surface area contributed by atoms with Gasteiger partial charge in [0, 0.05) is 23.9 Å². The van der Waals surface area contributed by atoms with E-state index in [1.807, 2.05) is 0 Å². The molecule has 5 heteroatoms. The fourth-order valence-corrected chi connectivity index (χ4v) is 0. The van der Waals surface area contributed by atoms with Gasteiger partial charge in [0.2, 0.25) is 0 Å². The van der Waals surface area contributed by atoms with E-state index in [2.05, 4.69) is 0 Å². The summed E-state index contributed by atoms with van der Waals surface area (Å²) in [5.74, 6) is 0. The van der Waals surface area contributed by atoms with Crippen LogP contribution >= 0.6 is 29.1 Å². The molecule has 5 heavy (non-hydrogen) atoms. The molecule has 0 nitrogen and oxygen atoms in total. The SMILES string of the molecule is [Cl][Ru]([Cl])[Cl].[Sn]. The number of hydrogen-bond acceptors (Lipinski definition) is 0. The van der Waals surface area contributed by atoms with Gasteiger partial charge in [-0.15, -0.1) is 0 Å². The van der Waals surface area contributed by atoms with Gasteiger partial charge in [-0.1, -0.05) is 0 Å². The van der Waals surface area contributed by atoms with Crippen molar-refractivity contribution in [2.75, 3.05) is 0 Å². The molecule has 0 saturated carbocycles. The molecule has 0 amide bonds. The van der Waals surface area contributed by atoms with Crippen LogP contribution in [-0.4, -0.2) is 23.9 Å². The van der Waals surface area contributed by atoms with Gasteiger partial charge < -0.3 is 0 Å². The maximum absolute atomic E-state index is 4.95. The van der Waals surface area contributed by atoms with E-state index in [-0.39, 0.29) is 23.9 Å². The summed E-state index contributed by atoms with van der Waals surface area (Å²) in [6, 6.07) is 0. The first kappa shape index (κ1) is 10.3. The van der Waals surface area contributed by atoms with Crippen LogP contribution < -0.4 is 0 Å². The average molecular weight is 326 g/mol. The van der Waals surface area contributed by atoms with Crippen LogP contribution in [0.25, 0.3) is 0 Å². The van der Waals surface area contributed by atoms with Crippen molar-refractivity contribution in [3.05, 3.63) is 0 Å². The van der Waals surface area contributed by atoms with Gasteiger partial charge in [0.25, 0.3) is 0 Å². The quantitative estimate of drug-likeness (QED) is 0.595. The van der Waals surface area contributed by atoms with Crippen LogP contribution in [0.1, 0.15) is 0 Å².